The Morgan fingerprint density at radius 1 is 0.812 bits per heavy atom. The van der Waals surface area contributed by atoms with E-state index in [1.54, 1.807) is 0 Å². The van der Waals surface area contributed by atoms with Crippen molar-refractivity contribution >= 4 is 11.9 Å². The lowest BCUT2D eigenvalue weighted by Crippen LogP contribution is -2.26. The van der Waals surface area contributed by atoms with Crippen LogP contribution in [0.3, 0.4) is 0 Å². The van der Waals surface area contributed by atoms with Crippen LogP contribution in [0.5, 0.6) is 0 Å². The van der Waals surface area contributed by atoms with E-state index in [-0.39, 0.29) is 0 Å². The molecule has 0 aromatic rings. The van der Waals surface area contributed by atoms with E-state index in [2.05, 4.69) is 45.1 Å². The summed E-state index contributed by atoms with van der Waals surface area (Å²) in [5, 5.41) is 17.4. The summed E-state index contributed by atoms with van der Waals surface area (Å²) >= 11 is 0. The standard InChI is InChI=1S/C18H32O2.C10H20O2/c1-2-3-4-5-6-7-8-9-10-11-12-13-14-15-16-17-18(19)20;1-5-10(4,9(11)12)7-6-8(2)3/h6-7,9-10H,2-5,8,11-17H2,1H3,(H,19,20);8H,5-7H2,1-4H3,(H,11,12)/b7-6-,10-9-;. The highest BCUT2D eigenvalue weighted by Crippen LogP contribution is 2.29. The van der Waals surface area contributed by atoms with Crippen molar-refractivity contribution < 1.29 is 19.8 Å². The molecular formula is C28H52O4. The average molecular weight is 453 g/mol. The van der Waals surface area contributed by atoms with Gasteiger partial charge in [0.2, 0.25) is 0 Å². The predicted molar refractivity (Wildman–Crippen MR) is 137 cm³/mol. The van der Waals surface area contributed by atoms with Gasteiger partial charge in [-0.25, -0.2) is 0 Å². The highest BCUT2D eigenvalue weighted by molar-refractivity contribution is 5.73. The van der Waals surface area contributed by atoms with Crippen LogP contribution in [-0.2, 0) is 9.59 Å². The summed E-state index contributed by atoms with van der Waals surface area (Å²) in [6, 6.07) is 0. The molecule has 0 aliphatic carbocycles. The Labute approximate surface area is 198 Å². The van der Waals surface area contributed by atoms with E-state index < -0.39 is 17.4 Å². The minimum atomic E-state index is -0.671. The van der Waals surface area contributed by atoms with Crippen molar-refractivity contribution in [2.45, 2.75) is 131 Å². The van der Waals surface area contributed by atoms with Crippen molar-refractivity contribution in [3.05, 3.63) is 24.3 Å². The molecule has 4 nitrogen and oxygen atoms in total. The maximum absolute atomic E-state index is 10.9. The second kappa shape index (κ2) is 22.6. The normalized spacial score (nSPS) is 13.3. The third-order valence-electron chi connectivity index (χ3n) is 5.91. The molecule has 0 amide bonds. The van der Waals surface area contributed by atoms with Gasteiger partial charge in [-0.1, -0.05) is 84.1 Å². The van der Waals surface area contributed by atoms with Crippen LogP contribution >= 0.6 is 0 Å². The molecule has 0 rings (SSSR count). The first-order valence-corrected chi connectivity index (χ1v) is 12.9. The van der Waals surface area contributed by atoms with Crippen LogP contribution in [0, 0.1) is 11.3 Å². The summed E-state index contributed by atoms with van der Waals surface area (Å²) in [5.74, 6) is -0.739. The Kier molecular flexibility index (Phi) is 23.0. The second-order valence-electron chi connectivity index (χ2n) is 9.53. The SMILES string of the molecule is CCC(C)(CCC(C)C)C(=O)O.CCCCC/C=C\C/C=C\CCCCCCCC(=O)O. The largest absolute Gasteiger partial charge is 0.481 e. The van der Waals surface area contributed by atoms with Crippen molar-refractivity contribution in [3.63, 3.8) is 0 Å². The van der Waals surface area contributed by atoms with Crippen molar-refractivity contribution in [1.29, 1.82) is 0 Å². The van der Waals surface area contributed by atoms with Gasteiger partial charge in [-0.3, -0.25) is 9.59 Å². The predicted octanol–water partition coefficient (Wildman–Crippen LogP) is 8.81. The number of allylic oxidation sites excluding steroid dienone is 4. The van der Waals surface area contributed by atoms with Gasteiger partial charge in [-0.15, -0.1) is 0 Å². The quantitative estimate of drug-likeness (QED) is 0.152. The molecule has 4 heteroatoms. The molecule has 0 radical (unpaired) electrons. The van der Waals surface area contributed by atoms with E-state index in [1.807, 2.05) is 13.8 Å². The molecule has 1 unspecified atom stereocenters. The van der Waals surface area contributed by atoms with Gasteiger partial charge >= 0.3 is 11.9 Å². The molecule has 0 fully saturated rings. The summed E-state index contributed by atoms with van der Waals surface area (Å²) in [6.45, 7) is 10.3. The topological polar surface area (TPSA) is 74.6 Å². The molecule has 0 heterocycles. The van der Waals surface area contributed by atoms with E-state index >= 15 is 0 Å². The summed E-state index contributed by atoms with van der Waals surface area (Å²) in [6.07, 6.45) is 24.8. The molecule has 0 spiro atoms. The zero-order valence-electron chi connectivity index (χ0n) is 21.7. The molecule has 0 aliphatic rings. The fourth-order valence-electron chi connectivity index (χ4n) is 3.13. The van der Waals surface area contributed by atoms with Crippen LogP contribution in [0.1, 0.15) is 131 Å². The Bertz CT molecular complexity index is 508. The summed E-state index contributed by atoms with van der Waals surface area (Å²) in [5.41, 5.74) is -0.510. The second-order valence-corrected chi connectivity index (χ2v) is 9.53. The van der Waals surface area contributed by atoms with Gasteiger partial charge in [0.1, 0.15) is 0 Å². The van der Waals surface area contributed by atoms with Gasteiger partial charge in [-0.05, 0) is 70.6 Å². The number of carboxylic acids is 2. The maximum atomic E-state index is 10.9. The van der Waals surface area contributed by atoms with E-state index in [0.717, 1.165) is 44.9 Å². The Balaban J connectivity index is 0. The van der Waals surface area contributed by atoms with Crippen LogP contribution in [0.2, 0.25) is 0 Å². The first-order chi connectivity index (χ1) is 15.2. The van der Waals surface area contributed by atoms with Crippen LogP contribution < -0.4 is 0 Å². The Hall–Kier alpha value is -1.58. The van der Waals surface area contributed by atoms with Gasteiger partial charge in [0.25, 0.3) is 0 Å². The lowest BCUT2D eigenvalue weighted by Gasteiger charge is -2.23. The number of hydrogen-bond donors (Lipinski definition) is 2. The number of carboxylic acid groups (broad SMARTS) is 2. The highest BCUT2D eigenvalue weighted by atomic mass is 16.4. The number of unbranched alkanes of at least 4 members (excludes halogenated alkanes) is 8. The first kappa shape index (κ1) is 32.6. The molecule has 2 N–H and O–H groups in total. The third-order valence-corrected chi connectivity index (χ3v) is 5.91. The molecular weight excluding hydrogens is 400 g/mol. The fourth-order valence-corrected chi connectivity index (χ4v) is 3.13. The molecule has 0 aromatic carbocycles. The number of aliphatic carboxylic acids is 2. The van der Waals surface area contributed by atoms with Gasteiger partial charge < -0.3 is 10.2 Å². The van der Waals surface area contributed by atoms with Crippen LogP contribution in [0.15, 0.2) is 24.3 Å². The van der Waals surface area contributed by atoms with Crippen LogP contribution in [0.25, 0.3) is 0 Å². The monoisotopic (exact) mass is 452 g/mol. The molecule has 0 bridgehead atoms. The van der Waals surface area contributed by atoms with Crippen molar-refractivity contribution in [2.24, 2.45) is 11.3 Å². The summed E-state index contributed by atoms with van der Waals surface area (Å²) < 4.78 is 0. The Morgan fingerprint density at radius 2 is 1.34 bits per heavy atom. The average Bonchev–Trinajstić information content (AvgIpc) is 2.74. The fraction of sp³-hybridized carbons (Fsp3) is 0.786. The minimum absolute atomic E-state index is 0.324. The van der Waals surface area contributed by atoms with Gasteiger partial charge in [-0.2, -0.15) is 0 Å². The van der Waals surface area contributed by atoms with E-state index in [0.29, 0.717) is 12.3 Å². The molecule has 188 valence electrons. The molecule has 0 saturated carbocycles. The van der Waals surface area contributed by atoms with E-state index in [9.17, 15) is 9.59 Å². The maximum Gasteiger partial charge on any atom is 0.309 e. The van der Waals surface area contributed by atoms with Gasteiger partial charge in [0, 0.05) is 6.42 Å². The van der Waals surface area contributed by atoms with Gasteiger partial charge in [0.15, 0.2) is 0 Å². The Morgan fingerprint density at radius 3 is 1.81 bits per heavy atom. The molecule has 0 aliphatic heterocycles. The number of carbonyl (C=O) groups is 2. The summed E-state index contributed by atoms with van der Waals surface area (Å²) in [7, 11) is 0. The third kappa shape index (κ3) is 23.1. The lowest BCUT2D eigenvalue weighted by molar-refractivity contribution is -0.148. The van der Waals surface area contributed by atoms with Crippen LogP contribution in [0.4, 0.5) is 0 Å². The lowest BCUT2D eigenvalue weighted by atomic mass is 9.81. The van der Waals surface area contributed by atoms with Crippen molar-refractivity contribution in [2.75, 3.05) is 0 Å². The molecule has 0 aromatic heterocycles. The number of rotatable bonds is 19. The van der Waals surface area contributed by atoms with E-state index in [1.165, 1.54) is 44.9 Å². The molecule has 1 atom stereocenters. The van der Waals surface area contributed by atoms with Crippen molar-refractivity contribution in [3.8, 4) is 0 Å². The smallest absolute Gasteiger partial charge is 0.309 e. The zero-order valence-corrected chi connectivity index (χ0v) is 21.7. The molecule has 0 saturated heterocycles. The highest BCUT2D eigenvalue weighted by Gasteiger charge is 2.30. The minimum Gasteiger partial charge on any atom is -0.481 e. The van der Waals surface area contributed by atoms with Crippen LogP contribution in [-0.4, -0.2) is 22.2 Å². The summed E-state index contributed by atoms with van der Waals surface area (Å²) in [4.78, 5) is 21.2. The number of hydrogen-bond acceptors (Lipinski definition) is 2. The van der Waals surface area contributed by atoms with E-state index in [4.69, 9.17) is 10.2 Å². The molecule has 32 heavy (non-hydrogen) atoms. The van der Waals surface area contributed by atoms with Crippen molar-refractivity contribution in [1.82, 2.24) is 0 Å². The zero-order chi connectivity index (χ0) is 24.7. The van der Waals surface area contributed by atoms with Gasteiger partial charge in [0.05, 0.1) is 5.41 Å². The first-order valence-electron chi connectivity index (χ1n) is 12.9.